The maximum absolute atomic E-state index is 11.5. The van der Waals surface area contributed by atoms with E-state index in [1.165, 1.54) is 18.4 Å². The minimum atomic E-state index is -3.15. The smallest absolute Gasteiger partial charge is 0.214 e. The lowest BCUT2D eigenvalue weighted by molar-refractivity contribution is 0.517. The van der Waals surface area contributed by atoms with Crippen LogP contribution in [0.4, 0.5) is 0 Å². The van der Waals surface area contributed by atoms with Crippen LogP contribution in [-0.2, 0) is 16.6 Å². The molecule has 1 aromatic rings. The fourth-order valence-electron chi connectivity index (χ4n) is 1.27. The summed E-state index contributed by atoms with van der Waals surface area (Å²) >= 11 is 11.8. The van der Waals surface area contributed by atoms with Gasteiger partial charge in [-0.25, -0.2) is 12.7 Å². The summed E-state index contributed by atoms with van der Waals surface area (Å²) in [5.41, 5.74) is 0.892. The summed E-state index contributed by atoms with van der Waals surface area (Å²) in [6, 6.07) is 5.23. The highest BCUT2D eigenvalue weighted by molar-refractivity contribution is 7.89. The topological polar surface area (TPSA) is 49.4 Å². The van der Waals surface area contributed by atoms with Gasteiger partial charge in [0.2, 0.25) is 10.0 Å². The van der Waals surface area contributed by atoms with Crippen molar-refractivity contribution in [3.63, 3.8) is 0 Å². The van der Waals surface area contributed by atoms with Crippen molar-refractivity contribution in [2.45, 2.75) is 6.54 Å². The highest BCUT2D eigenvalue weighted by Gasteiger charge is 2.12. The average molecular weight is 311 g/mol. The van der Waals surface area contributed by atoms with Crippen LogP contribution in [0.1, 0.15) is 5.56 Å². The third-order valence-electron chi connectivity index (χ3n) is 2.42. The normalized spacial score (nSPS) is 12.1. The number of rotatable bonds is 6. The van der Waals surface area contributed by atoms with E-state index in [1.807, 2.05) is 6.07 Å². The van der Waals surface area contributed by atoms with Crippen LogP contribution in [0, 0.1) is 0 Å². The van der Waals surface area contributed by atoms with Crippen LogP contribution in [0.5, 0.6) is 0 Å². The second-order valence-electron chi connectivity index (χ2n) is 4.01. The van der Waals surface area contributed by atoms with E-state index < -0.39 is 10.0 Å². The molecule has 4 nitrogen and oxygen atoms in total. The van der Waals surface area contributed by atoms with Gasteiger partial charge in [0.25, 0.3) is 0 Å². The van der Waals surface area contributed by atoms with Crippen molar-refractivity contribution in [3.8, 4) is 0 Å². The van der Waals surface area contributed by atoms with Gasteiger partial charge in [-0.3, -0.25) is 0 Å². The van der Waals surface area contributed by atoms with Crippen molar-refractivity contribution in [2.75, 3.05) is 26.4 Å². The molecule has 18 heavy (non-hydrogen) atoms. The van der Waals surface area contributed by atoms with E-state index in [9.17, 15) is 8.42 Å². The first-order valence-corrected chi connectivity index (χ1v) is 7.74. The van der Waals surface area contributed by atoms with E-state index in [1.54, 1.807) is 12.1 Å². The summed E-state index contributed by atoms with van der Waals surface area (Å²) in [6.07, 6.45) is 0. The molecular weight excluding hydrogens is 295 g/mol. The van der Waals surface area contributed by atoms with Gasteiger partial charge >= 0.3 is 0 Å². The van der Waals surface area contributed by atoms with Crippen molar-refractivity contribution in [2.24, 2.45) is 0 Å². The van der Waals surface area contributed by atoms with Gasteiger partial charge in [0.1, 0.15) is 0 Å². The lowest BCUT2D eigenvalue weighted by Gasteiger charge is -2.12. The van der Waals surface area contributed by atoms with Gasteiger partial charge in [-0.2, -0.15) is 0 Å². The number of halogens is 2. The van der Waals surface area contributed by atoms with E-state index in [4.69, 9.17) is 23.2 Å². The van der Waals surface area contributed by atoms with Crippen LogP contribution < -0.4 is 5.32 Å². The van der Waals surface area contributed by atoms with Gasteiger partial charge in [0.15, 0.2) is 0 Å². The van der Waals surface area contributed by atoms with Gasteiger partial charge in [-0.15, -0.1) is 0 Å². The lowest BCUT2D eigenvalue weighted by atomic mass is 10.2. The van der Waals surface area contributed by atoms with E-state index >= 15 is 0 Å². The monoisotopic (exact) mass is 310 g/mol. The number of benzene rings is 1. The molecule has 7 heteroatoms. The van der Waals surface area contributed by atoms with Crippen molar-refractivity contribution in [1.82, 2.24) is 9.62 Å². The molecule has 0 aliphatic heterocycles. The first-order chi connectivity index (χ1) is 8.33. The molecule has 0 aliphatic rings. The number of hydrogen-bond donors (Lipinski definition) is 1. The van der Waals surface area contributed by atoms with E-state index in [0.717, 1.165) is 5.56 Å². The van der Waals surface area contributed by atoms with Crippen molar-refractivity contribution in [3.05, 3.63) is 33.8 Å². The summed E-state index contributed by atoms with van der Waals surface area (Å²) in [7, 11) is -0.114. The minimum Gasteiger partial charge on any atom is -0.312 e. The fourth-order valence-corrected chi connectivity index (χ4v) is 2.51. The molecule has 1 N–H and O–H groups in total. The molecule has 0 amide bonds. The Kier molecular flexibility index (Phi) is 5.88. The molecule has 1 aromatic carbocycles. The molecule has 0 spiro atoms. The Bertz CT molecular complexity index is 504. The molecule has 0 radical (unpaired) electrons. The van der Waals surface area contributed by atoms with E-state index in [-0.39, 0.29) is 5.75 Å². The molecule has 0 fully saturated rings. The summed E-state index contributed by atoms with van der Waals surface area (Å²) < 4.78 is 24.2. The predicted molar refractivity (Wildman–Crippen MR) is 75.6 cm³/mol. The standard InChI is InChI=1S/C11H16Cl2N2O2S/c1-15(2)18(16,17)6-5-14-8-9-3-4-10(12)7-11(9)13/h3-4,7,14H,5-6,8H2,1-2H3. The Hall–Kier alpha value is -0.330. The molecule has 0 aromatic heterocycles. The average Bonchev–Trinajstić information content (AvgIpc) is 2.26. The van der Waals surface area contributed by atoms with Crippen LogP contribution in [0.25, 0.3) is 0 Å². The van der Waals surface area contributed by atoms with Gasteiger partial charge in [0.05, 0.1) is 5.75 Å². The van der Waals surface area contributed by atoms with Gasteiger partial charge < -0.3 is 5.32 Å². The first-order valence-electron chi connectivity index (χ1n) is 5.38. The van der Waals surface area contributed by atoms with Gasteiger partial charge in [-0.05, 0) is 17.7 Å². The summed E-state index contributed by atoms with van der Waals surface area (Å²) in [6.45, 7) is 0.887. The molecule has 0 bridgehead atoms. The molecular formula is C11H16Cl2N2O2S. The molecule has 0 heterocycles. The number of nitrogens with zero attached hydrogens (tertiary/aromatic N) is 1. The van der Waals surface area contributed by atoms with E-state index in [2.05, 4.69) is 5.32 Å². The van der Waals surface area contributed by atoms with Crippen molar-refractivity contribution < 1.29 is 8.42 Å². The summed E-state index contributed by atoms with van der Waals surface area (Å²) in [5.74, 6) is 0.0607. The maximum atomic E-state index is 11.5. The number of hydrogen-bond acceptors (Lipinski definition) is 3. The van der Waals surface area contributed by atoms with Crippen LogP contribution >= 0.6 is 23.2 Å². The predicted octanol–water partition coefficient (Wildman–Crippen LogP) is 1.97. The Labute approximate surface area is 118 Å². The fraction of sp³-hybridized carbons (Fsp3) is 0.455. The van der Waals surface area contributed by atoms with Crippen LogP contribution in [0.15, 0.2) is 18.2 Å². The third-order valence-corrected chi connectivity index (χ3v) is 4.84. The second-order valence-corrected chi connectivity index (χ2v) is 7.16. The zero-order valence-electron chi connectivity index (χ0n) is 10.3. The molecule has 0 saturated heterocycles. The minimum absolute atomic E-state index is 0.0607. The van der Waals surface area contributed by atoms with Gasteiger partial charge in [0, 0.05) is 37.2 Å². The maximum Gasteiger partial charge on any atom is 0.214 e. The third kappa shape index (κ3) is 4.74. The Morgan fingerprint density at radius 2 is 1.94 bits per heavy atom. The number of nitrogens with one attached hydrogen (secondary N) is 1. The molecule has 102 valence electrons. The quantitative estimate of drug-likeness (QED) is 0.817. The van der Waals surface area contributed by atoms with Crippen LogP contribution in [0.3, 0.4) is 0 Å². The largest absolute Gasteiger partial charge is 0.312 e. The van der Waals surface area contributed by atoms with Crippen molar-refractivity contribution in [1.29, 1.82) is 0 Å². The summed E-state index contributed by atoms with van der Waals surface area (Å²) in [5, 5.41) is 4.20. The molecule has 1 rings (SSSR count). The lowest BCUT2D eigenvalue weighted by Crippen LogP contribution is -2.31. The molecule has 0 aliphatic carbocycles. The second kappa shape index (κ2) is 6.73. The Morgan fingerprint density at radius 3 is 2.50 bits per heavy atom. The van der Waals surface area contributed by atoms with E-state index in [0.29, 0.717) is 23.1 Å². The summed E-state index contributed by atoms with van der Waals surface area (Å²) in [4.78, 5) is 0. The Morgan fingerprint density at radius 1 is 1.28 bits per heavy atom. The highest BCUT2D eigenvalue weighted by Crippen LogP contribution is 2.20. The van der Waals surface area contributed by atoms with Crippen LogP contribution in [0.2, 0.25) is 10.0 Å². The van der Waals surface area contributed by atoms with Crippen molar-refractivity contribution >= 4 is 33.2 Å². The Balaban J connectivity index is 2.43. The molecule has 0 unspecified atom stereocenters. The van der Waals surface area contributed by atoms with Crippen LogP contribution in [-0.4, -0.2) is 39.1 Å². The SMILES string of the molecule is CN(C)S(=O)(=O)CCNCc1ccc(Cl)cc1Cl. The molecule has 0 saturated carbocycles. The molecule has 0 atom stereocenters. The zero-order valence-corrected chi connectivity index (χ0v) is 12.6. The zero-order chi connectivity index (χ0) is 13.8. The first kappa shape index (κ1) is 15.7. The number of sulfonamides is 1. The van der Waals surface area contributed by atoms with Gasteiger partial charge in [-0.1, -0.05) is 29.3 Å². The highest BCUT2D eigenvalue weighted by atomic mass is 35.5.